The van der Waals surface area contributed by atoms with E-state index in [0.717, 1.165) is 178 Å². The van der Waals surface area contributed by atoms with Gasteiger partial charge in [-0.15, -0.1) is 0 Å². The Balaban J connectivity index is 0.000000139. The molecule has 14 aromatic heterocycles. The van der Waals surface area contributed by atoms with E-state index in [9.17, 15) is 0 Å². The van der Waals surface area contributed by atoms with Crippen LogP contribution in [-0.4, -0.2) is 79.7 Å². The third kappa shape index (κ3) is 8.62. The van der Waals surface area contributed by atoms with Crippen LogP contribution >= 0.6 is 0 Å². The van der Waals surface area contributed by atoms with Crippen LogP contribution < -0.4 is 0 Å². The smallest absolute Gasteiger partial charge is 0.0752 e. The lowest BCUT2D eigenvalue weighted by molar-refractivity contribution is 1.29. The fourth-order valence-electron chi connectivity index (χ4n) is 12.3. The lowest BCUT2D eigenvalue weighted by atomic mass is 10.1. The van der Waals surface area contributed by atoms with Crippen LogP contribution in [0.1, 0.15) is 22.8 Å². The van der Waals surface area contributed by atoms with E-state index < -0.39 is 0 Å². The first-order valence-electron chi connectivity index (χ1n) is 28.5. The molecule has 18 rings (SSSR count). The molecule has 412 valence electrons. The Morgan fingerprint density at radius 2 is 0.489 bits per heavy atom. The van der Waals surface area contributed by atoms with E-state index in [1.807, 2.05) is 166 Å². The van der Waals surface area contributed by atoms with Crippen LogP contribution in [0.15, 0.2) is 220 Å². The van der Waals surface area contributed by atoms with Gasteiger partial charge in [-0.2, -0.15) is 0 Å². The monoisotopic (exact) mass is 1130 g/mol. The highest BCUT2D eigenvalue weighted by molar-refractivity contribution is 6.10. The summed E-state index contributed by atoms with van der Waals surface area (Å²) >= 11 is 0. The van der Waals surface area contributed by atoms with Crippen molar-refractivity contribution in [2.24, 2.45) is 0 Å². The van der Waals surface area contributed by atoms with Gasteiger partial charge < -0.3 is 19.9 Å². The van der Waals surface area contributed by atoms with Gasteiger partial charge in [0.05, 0.1) is 56.6 Å². The standard InChI is InChI=1S/C40H26N8.C32H18N8/c1-2-30-38(26-11-19-42-20-12-26)32-5-6-34(47-32)40(28-15-23-44-24-16-28)36-8-7-35(48-36)39(27-13-21-43-22-14-27)33-4-3-31(46-33)37(29(1)45-30)25-9-17-41-18-10-25;1-5-33-13-21-17(1)25-9-26-18-2-6-35-15-23(18)31(38-26)12-32-24-16-36-8-4-20(24)28(40-32)11-30-22-14-34-7-3-19(22)27(39-30)10-29(21)37-25/h1-24,45,48H;1-16,38-39H. The quantitative estimate of drug-likeness (QED) is 0.129. The van der Waals surface area contributed by atoms with E-state index in [1.165, 1.54) is 0 Å². The van der Waals surface area contributed by atoms with Gasteiger partial charge in [-0.25, -0.2) is 19.9 Å². The number of H-pyrrole nitrogens is 4. The largest absolute Gasteiger partial charge is 0.354 e. The second-order valence-corrected chi connectivity index (χ2v) is 21.4. The van der Waals surface area contributed by atoms with E-state index in [1.54, 1.807) is 6.20 Å². The fourth-order valence-corrected chi connectivity index (χ4v) is 12.3. The summed E-state index contributed by atoms with van der Waals surface area (Å²) in [6.45, 7) is 0. The van der Waals surface area contributed by atoms with Crippen molar-refractivity contribution in [3.05, 3.63) is 243 Å². The van der Waals surface area contributed by atoms with E-state index in [2.05, 4.69) is 133 Å². The van der Waals surface area contributed by atoms with Crippen molar-refractivity contribution in [3.8, 4) is 89.5 Å². The van der Waals surface area contributed by atoms with E-state index >= 15 is 0 Å². The number of nitrogens with one attached hydrogen (secondary N) is 4. The molecule has 88 heavy (non-hydrogen) atoms. The molecule has 0 aliphatic carbocycles. The molecule has 0 aromatic carbocycles. The van der Waals surface area contributed by atoms with Gasteiger partial charge in [-0.1, -0.05) is 0 Å². The predicted molar refractivity (Wildman–Crippen MR) is 348 cm³/mol. The number of aromatic amines is 4. The lowest BCUT2D eigenvalue weighted by Gasteiger charge is -2.06. The number of rotatable bonds is 4. The topological polar surface area (TPSA) is 218 Å². The number of aromatic nitrogens is 16. The highest BCUT2D eigenvalue weighted by Gasteiger charge is 2.22. The highest BCUT2D eigenvalue weighted by atomic mass is 14.8. The zero-order valence-electron chi connectivity index (χ0n) is 46.5. The maximum absolute atomic E-state index is 5.29. The molecular formula is C72H44N16. The van der Waals surface area contributed by atoms with Crippen LogP contribution in [0.2, 0.25) is 0 Å². The Morgan fingerprint density at radius 3 is 0.830 bits per heavy atom. The summed E-state index contributed by atoms with van der Waals surface area (Å²) < 4.78 is 0. The third-order valence-electron chi connectivity index (χ3n) is 16.3. The molecule has 4 N–H and O–H groups in total. The summed E-state index contributed by atoms with van der Waals surface area (Å²) in [7, 11) is 0. The normalized spacial score (nSPS) is 12.0. The third-order valence-corrected chi connectivity index (χ3v) is 16.3. The average molecular weight is 1130 g/mol. The zero-order chi connectivity index (χ0) is 58.1. The zero-order valence-corrected chi connectivity index (χ0v) is 46.5. The Labute approximate surface area is 500 Å². The first kappa shape index (κ1) is 50.0. The minimum atomic E-state index is 0.839. The number of fused-ring (bicyclic) bond motifs is 28. The van der Waals surface area contributed by atoms with Gasteiger partial charge in [0, 0.05) is 198 Å². The molecule has 0 atom stereocenters. The van der Waals surface area contributed by atoms with Gasteiger partial charge in [0.1, 0.15) is 0 Å². The van der Waals surface area contributed by atoms with Gasteiger partial charge in [-0.3, -0.25) is 39.9 Å². The summed E-state index contributed by atoms with van der Waals surface area (Å²) in [6.07, 6.45) is 37.6. The molecule has 18 heterocycles. The second kappa shape index (κ2) is 20.6. The Morgan fingerprint density at radius 1 is 0.216 bits per heavy atom. The van der Waals surface area contributed by atoms with Crippen LogP contribution in [0.3, 0.4) is 0 Å². The Bertz CT molecular complexity index is 4910. The summed E-state index contributed by atoms with van der Waals surface area (Å²) in [5.41, 5.74) is 26.3. The van der Waals surface area contributed by atoms with Crippen molar-refractivity contribution in [2.45, 2.75) is 0 Å². The Kier molecular flexibility index (Phi) is 11.7. The maximum atomic E-state index is 5.29. The molecule has 16 bridgehead atoms. The molecule has 0 spiro atoms. The average Bonchev–Trinajstić information content (AvgIpc) is 2.49. The first-order valence-corrected chi connectivity index (χ1v) is 28.5. The summed E-state index contributed by atoms with van der Waals surface area (Å²) in [6, 6.07) is 41.0. The maximum Gasteiger partial charge on any atom is 0.0752 e. The molecule has 0 saturated heterocycles. The molecule has 0 unspecified atom stereocenters. The number of nitrogens with zero attached hydrogens (tertiary/aromatic N) is 12. The second-order valence-electron chi connectivity index (χ2n) is 21.4. The minimum absolute atomic E-state index is 0.839. The van der Waals surface area contributed by atoms with Crippen molar-refractivity contribution in [3.63, 3.8) is 0 Å². The molecule has 16 nitrogen and oxygen atoms in total. The van der Waals surface area contributed by atoms with Crippen LogP contribution in [0.25, 0.3) is 180 Å². The van der Waals surface area contributed by atoms with Gasteiger partial charge in [0.15, 0.2) is 0 Å². The predicted octanol–water partition coefficient (Wildman–Crippen LogP) is 15.8. The van der Waals surface area contributed by atoms with Crippen molar-refractivity contribution in [2.75, 3.05) is 0 Å². The van der Waals surface area contributed by atoms with E-state index in [0.29, 0.717) is 0 Å². The highest BCUT2D eigenvalue weighted by Crippen LogP contribution is 2.42. The van der Waals surface area contributed by atoms with Crippen LogP contribution in [-0.2, 0) is 0 Å². The number of hydrogen-bond donors (Lipinski definition) is 4. The summed E-state index contributed by atoms with van der Waals surface area (Å²) in [5.74, 6) is 0. The lowest BCUT2D eigenvalue weighted by Crippen LogP contribution is -1.90. The van der Waals surface area contributed by atoms with Gasteiger partial charge in [0.2, 0.25) is 0 Å². The number of hydrogen-bond acceptors (Lipinski definition) is 12. The molecule has 16 heteroatoms. The van der Waals surface area contributed by atoms with Crippen molar-refractivity contribution in [1.29, 1.82) is 0 Å². The number of pyridine rings is 8. The van der Waals surface area contributed by atoms with Gasteiger partial charge >= 0.3 is 0 Å². The minimum Gasteiger partial charge on any atom is -0.354 e. The first-order chi connectivity index (χ1) is 43.6. The van der Waals surface area contributed by atoms with Crippen molar-refractivity contribution in [1.82, 2.24) is 79.7 Å². The van der Waals surface area contributed by atoms with Crippen molar-refractivity contribution >= 4 is 90.0 Å². The van der Waals surface area contributed by atoms with E-state index in [-0.39, 0.29) is 0 Å². The van der Waals surface area contributed by atoms with Crippen LogP contribution in [0, 0.1) is 0 Å². The molecule has 0 amide bonds. The summed E-state index contributed by atoms with van der Waals surface area (Å²) in [5, 5.41) is 4.15. The molecule has 0 radical (unpaired) electrons. The molecule has 14 aromatic rings. The fraction of sp³-hybridized carbons (Fsp3) is 0. The molecule has 0 saturated carbocycles. The summed E-state index contributed by atoms with van der Waals surface area (Å²) in [4.78, 5) is 70.3. The molecule has 4 aliphatic heterocycles. The van der Waals surface area contributed by atoms with Crippen LogP contribution in [0.4, 0.5) is 0 Å². The van der Waals surface area contributed by atoms with Crippen LogP contribution in [0.5, 0.6) is 0 Å². The SMILES string of the molecule is C1=Cc2nc1c(-c1ccncc1)c1ccc([nH]1)c(-c1ccncc1)c1nc(c(-c3ccncc3)c3ccc([nH]3)c2-c2ccncc2)C=C1.c1cc2c(cn1)-c1cc3[nH]c(cc4nc(cc5[nH]c(cc-2n1)c1ccncc51)-c1cnccc1-4)c1cnccc31. The molecular weight excluding hydrogens is 1090 g/mol. The van der Waals surface area contributed by atoms with Gasteiger partial charge in [-0.05, 0) is 168 Å². The van der Waals surface area contributed by atoms with Gasteiger partial charge in [0.25, 0.3) is 0 Å². The van der Waals surface area contributed by atoms with E-state index in [4.69, 9.17) is 19.9 Å². The molecule has 0 fully saturated rings. The Hall–Kier alpha value is -12.6. The molecule has 4 aliphatic rings. The van der Waals surface area contributed by atoms with Crippen molar-refractivity contribution < 1.29 is 0 Å².